The van der Waals surface area contributed by atoms with Crippen molar-refractivity contribution in [3.05, 3.63) is 23.8 Å². The van der Waals surface area contributed by atoms with Gasteiger partial charge in [-0.3, -0.25) is 0 Å². The molecule has 16 heavy (non-hydrogen) atoms. The average molecular weight is 222 g/mol. The minimum atomic E-state index is -0.134. The van der Waals surface area contributed by atoms with E-state index in [2.05, 4.69) is 20.8 Å². The smallest absolute Gasteiger partial charge is 0.126 e. The Morgan fingerprint density at radius 1 is 1.44 bits per heavy atom. The fourth-order valence-corrected chi connectivity index (χ4v) is 1.74. The third-order valence-electron chi connectivity index (χ3n) is 2.58. The molecule has 0 amide bonds. The van der Waals surface area contributed by atoms with E-state index in [0.717, 1.165) is 17.9 Å². The van der Waals surface area contributed by atoms with Gasteiger partial charge in [-0.2, -0.15) is 0 Å². The van der Waals surface area contributed by atoms with Crippen LogP contribution in [0.15, 0.2) is 18.2 Å². The van der Waals surface area contributed by atoms with E-state index in [0.29, 0.717) is 12.4 Å². The fourth-order valence-electron chi connectivity index (χ4n) is 1.74. The summed E-state index contributed by atoms with van der Waals surface area (Å²) in [4.78, 5) is 0. The molecule has 1 atom stereocenters. The average Bonchev–Trinajstić information content (AvgIpc) is 2.95. The van der Waals surface area contributed by atoms with E-state index in [-0.39, 0.29) is 11.5 Å². The Morgan fingerprint density at radius 2 is 2.12 bits per heavy atom. The van der Waals surface area contributed by atoms with Crippen LogP contribution in [0.2, 0.25) is 0 Å². The molecule has 1 N–H and O–H groups in total. The molecule has 1 fully saturated rings. The summed E-state index contributed by atoms with van der Waals surface area (Å²) in [6.07, 6.45) is 0.232. The standard InChI is InChI=1S/C13H18O3/c1-13(2,3)12-10(14)5-4-6-11(12)16-8-9-7-15-9/h4-6,9,14H,7-8H2,1-3H3/t9-/m0/s1. The lowest BCUT2D eigenvalue weighted by atomic mass is 9.85. The van der Waals surface area contributed by atoms with Crippen molar-refractivity contribution in [1.29, 1.82) is 0 Å². The third kappa shape index (κ3) is 2.47. The summed E-state index contributed by atoms with van der Waals surface area (Å²) in [6, 6.07) is 5.39. The monoisotopic (exact) mass is 222 g/mol. The molecule has 1 aliphatic heterocycles. The van der Waals surface area contributed by atoms with Crippen LogP contribution in [0.3, 0.4) is 0 Å². The maximum absolute atomic E-state index is 9.90. The first kappa shape index (κ1) is 11.3. The molecule has 0 aromatic heterocycles. The van der Waals surface area contributed by atoms with Gasteiger partial charge in [0.2, 0.25) is 0 Å². The van der Waals surface area contributed by atoms with Crippen molar-refractivity contribution in [2.24, 2.45) is 0 Å². The zero-order valence-electron chi connectivity index (χ0n) is 9.99. The molecule has 0 bridgehead atoms. The van der Waals surface area contributed by atoms with Crippen molar-refractivity contribution < 1.29 is 14.6 Å². The van der Waals surface area contributed by atoms with Crippen LogP contribution in [0.4, 0.5) is 0 Å². The zero-order chi connectivity index (χ0) is 11.8. The van der Waals surface area contributed by atoms with Gasteiger partial charge in [0.05, 0.1) is 6.61 Å². The van der Waals surface area contributed by atoms with Crippen molar-refractivity contribution in [3.63, 3.8) is 0 Å². The molecular weight excluding hydrogens is 204 g/mol. The Morgan fingerprint density at radius 3 is 2.69 bits per heavy atom. The van der Waals surface area contributed by atoms with Gasteiger partial charge in [0.15, 0.2) is 0 Å². The van der Waals surface area contributed by atoms with Crippen LogP contribution in [0.25, 0.3) is 0 Å². The van der Waals surface area contributed by atoms with Crippen LogP contribution < -0.4 is 4.74 Å². The molecule has 0 unspecified atom stereocenters. The number of benzene rings is 1. The van der Waals surface area contributed by atoms with Crippen molar-refractivity contribution in [2.45, 2.75) is 32.3 Å². The summed E-state index contributed by atoms with van der Waals surface area (Å²) in [5.41, 5.74) is 0.723. The molecule has 88 valence electrons. The lowest BCUT2D eigenvalue weighted by Crippen LogP contribution is -2.15. The molecule has 1 aromatic rings. The van der Waals surface area contributed by atoms with Gasteiger partial charge in [0.1, 0.15) is 24.2 Å². The normalized spacial score (nSPS) is 19.6. The van der Waals surface area contributed by atoms with Gasteiger partial charge in [-0.25, -0.2) is 0 Å². The highest BCUT2D eigenvalue weighted by molar-refractivity contribution is 5.48. The number of phenolic OH excluding ortho intramolecular Hbond substituents is 1. The minimum Gasteiger partial charge on any atom is -0.508 e. The lowest BCUT2D eigenvalue weighted by molar-refractivity contribution is 0.256. The van der Waals surface area contributed by atoms with E-state index in [1.165, 1.54) is 0 Å². The SMILES string of the molecule is CC(C)(C)c1c(O)cccc1OC[C@@H]1CO1. The number of aromatic hydroxyl groups is 1. The first-order valence-electron chi connectivity index (χ1n) is 5.55. The van der Waals surface area contributed by atoms with Crippen LogP contribution in [0.5, 0.6) is 11.5 Å². The quantitative estimate of drug-likeness (QED) is 0.799. The highest BCUT2D eigenvalue weighted by Crippen LogP contribution is 2.38. The molecule has 0 saturated carbocycles. The second kappa shape index (κ2) is 3.98. The first-order valence-corrected chi connectivity index (χ1v) is 5.55. The summed E-state index contributed by atoms with van der Waals surface area (Å²) in [5, 5.41) is 9.90. The summed E-state index contributed by atoms with van der Waals surface area (Å²) >= 11 is 0. The highest BCUT2D eigenvalue weighted by Gasteiger charge is 2.26. The number of ether oxygens (including phenoxy) is 2. The van der Waals surface area contributed by atoms with Crippen molar-refractivity contribution in [2.75, 3.05) is 13.2 Å². The van der Waals surface area contributed by atoms with E-state index >= 15 is 0 Å². The van der Waals surface area contributed by atoms with Gasteiger partial charge in [0.25, 0.3) is 0 Å². The molecular formula is C13H18O3. The number of hydrogen-bond donors (Lipinski definition) is 1. The Bertz CT molecular complexity index is 375. The maximum atomic E-state index is 9.90. The molecule has 0 radical (unpaired) electrons. The van der Waals surface area contributed by atoms with Crippen molar-refractivity contribution >= 4 is 0 Å². The Hall–Kier alpha value is -1.22. The molecule has 1 aliphatic rings. The molecule has 1 saturated heterocycles. The molecule has 2 rings (SSSR count). The Labute approximate surface area is 96.0 Å². The molecule has 1 aromatic carbocycles. The Kier molecular flexibility index (Phi) is 2.80. The third-order valence-corrected chi connectivity index (χ3v) is 2.58. The molecule has 0 spiro atoms. The van der Waals surface area contributed by atoms with Gasteiger partial charge in [-0.15, -0.1) is 0 Å². The maximum Gasteiger partial charge on any atom is 0.126 e. The molecule has 3 heteroatoms. The molecule has 1 heterocycles. The van der Waals surface area contributed by atoms with Crippen LogP contribution >= 0.6 is 0 Å². The van der Waals surface area contributed by atoms with E-state index in [4.69, 9.17) is 9.47 Å². The second-order valence-corrected chi connectivity index (χ2v) is 5.17. The second-order valence-electron chi connectivity index (χ2n) is 5.17. The van der Waals surface area contributed by atoms with Crippen LogP contribution in [0.1, 0.15) is 26.3 Å². The van der Waals surface area contributed by atoms with Gasteiger partial charge >= 0.3 is 0 Å². The zero-order valence-corrected chi connectivity index (χ0v) is 9.99. The van der Waals surface area contributed by atoms with Gasteiger partial charge in [-0.1, -0.05) is 26.8 Å². The molecule has 0 aliphatic carbocycles. The van der Waals surface area contributed by atoms with Crippen LogP contribution in [-0.2, 0) is 10.2 Å². The summed E-state index contributed by atoms with van der Waals surface area (Å²) < 4.78 is 10.8. The number of rotatable bonds is 3. The van der Waals surface area contributed by atoms with Crippen LogP contribution in [-0.4, -0.2) is 24.4 Å². The Balaban J connectivity index is 2.24. The highest BCUT2D eigenvalue weighted by atomic mass is 16.6. The van der Waals surface area contributed by atoms with E-state index in [1.807, 2.05) is 6.07 Å². The first-order chi connectivity index (χ1) is 7.48. The van der Waals surface area contributed by atoms with Gasteiger partial charge < -0.3 is 14.6 Å². The van der Waals surface area contributed by atoms with Crippen LogP contribution in [0, 0.1) is 0 Å². The predicted octanol–water partition coefficient (Wildman–Crippen LogP) is 2.47. The number of hydrogen-bond acceptors (Lipinski definition) is 3. The van der Waals surface area contributed by atoms with E-state index < -0.39 is 0 Å². The number of phenols is 1. The topological polar surface area (TPSA) is 42.0 Å². The predicted molar refractivity (Wildman–Crippen MR) is 62.0 cm³/mol. The molecule has 3 nitrogen and oxygen atoms in total. The summed E-state index contributed by atoms with van der Waals surface area (Å²) in [7, 11) is 0. The van der Waals surface area contributed by atoms with Crippen molar-refractivity contribution in [1.82, 2.24) is 0 Å². The fraction of sp³-hybridized carbons (Fsp3) is 0.538. The largest absolute Gasteiger partial charge is 0.508 e. The van der Waals surface area contributed by atoms with E-state index in [1.54, 1.807) is 12.1 Å². The van der Waals surface area contributed by atoms with Gasteiger partial charge in [-0.05, 0) is 17.5 Å². The summed E-state index contributed by atoms with van der Waals surface area (Å²) in [6.45, 7) is 7.52. The van der Waals surface area contributed by atoms with Gasteiger partial charge in [0, 0.05) is 5.56 Å². The van der Waals surface area contributed by atoms with E-state index in [9.17, 15) is 5.11 Å². The van der Waals surface area contributed by atoms with Crippen molar-refractivity contribution in [3.8, 4) is 11.5 Å². The lowest BCUT2D eigenvalue weighted by Gasteiger charge is -2.23. The number of epoxide rings is 1. The minimum absolute atomic E-state index is 0.134. The summed E-state index contributed by atoms with van der Waals surface area (Å²) in [5.74, 6) is 1.05.